The van der Waals surface area contributed by atoms with Crippen LogP contribution in [-0.4, -0.2) is 21.5 Å². The molecular formula is C11H9F2N5. The van der Waals surface area contributed by atoms with Crippen LogP contribution in [0, 0.1) is 23.0 Å². The van der Waals surface area contributed by atoms with Gasteiger partial charge in [0.25, 0.3) is 0 Å². The molecule has 1 heterocycles. The fourth-order valence-electron chi connectivity index (χ4n) is 1.45. The summed E-state index contributed by atoms with van der Waals surface area (Å²) in [4.78, 5) is 0. The zero-order chi connectivity index (χ0) is 13.0. The van der Waals surface area contributed by atoms with E-state index in [4.69, 9.17) is 5.26 Å². The summed E-state index contributed by atoms with van der Waals surface area (Å²) >= 11 is 0. The maximum Gasteiger partial charge on any atom is 0.150 e. The molecule has 0 unspecified atom stereocenters. The molecule has 0 fully saturated rings. The Morgan fingerprint density at radius 1 is 1.33 bits per heavy atom. The molecule has 1 aromatic heterocycles. The standard InChI is InChI=1S/C11H9F2N5/c12-9-5-8(7-14)6-10(13)11(9)15-1-3-18-4-2-16-17-18/h2,4-6,15H,1,3H2. The first-order chi connectivity index (χ1) is 8.70. The van der Waals surface area contributed by atoms with Gasteiger partial charge in [0.15, 0.2) is 11.6 Å². The summed E-state index contributed by atoms with van der Waals surface area (Å²) < 4.78 is 28.5. The number of anilines is 1. The number of nitrogens with one attached hydrogen (secondary N) is 1. The normalized spacial score (nSPS) is 10.1. The number of nitriles is 1. The third kappa shape index (κ3) is 2.60. The lowest BCUT2D eigenvalue weighted by atomic mass is 10.2. The van der Waals surface area contributed by atoms with Crippen molar-refractivity contribution in [1.82, 2.24) is 15.0 Å². The molecule has 2 rings (SSSR count). The van der Waals surface area contributed by atoms with Crippen molar-refractivity contribution in [2.45, 2.75) is 6.54 Å². The minimum absolute atomic E-state index is 0.0492. The molecule has 0 atom stereocenters. The van der Waals surface area contributed by atoms with Gasteiger partial charge >= 0.3 is 0 Å². The van der Waals surface area contributed by atoms with E-state index in [-0.39, 0.29) is 11.3 Å². The van der Waals surface area contributed by atoms with E-state index in [9.17, 15) is 8.78 Å². The Labute approximate surface area is 102 Å². The average molecular weight is 249 g/mol. The van der Waals surface area contributed by atoms with E-state index in [1.54, 1.807) is 12.3 Å². The van der Waals surface area contributed by atoms with Gasteiger partial charge in [-0.05, 0) is 12.1 Å². The SMILES string of the molecule is N#Cc1cc(F)c(NCCn2ccnn2)c(F)c1. The van der Waals surface area contributed by atoms with Gasteiger partial charge in [-0.15, -0.1) is 5.10 Å². The number of nitrogens with zero attached hydrogens (tertiary/aromatic N) is 4. The average Bonchev–Trinajstić information content (AvgIpc) is 2.85. The van der Waals surface area contributed by atoms with Crippen molar-refractivity contribution in [2.75, 3.05) is 11.9 Å². The van der Waals surface area contributed by atoms with Crippen LogP contribution in [0.15, 0.2) is 24.5 Å². The number of hydrogen-bond donors (Lipinski definition) is 1. The first-order valence-corrected chi connectivity index (χ1v) is 5.18. The van der Waals surface area contributed by atoms with Gasteiger partial charge in [0.05, 0.1) is 24.4 Å². The van der Waals surface area contributed by atoms with E-state index >= 15 is 0 Å². The van der Waals surface area contributed by atoms with E-state index in [0.717, 1.165) is 12.1 Å². The van der Waals surface area contributed by atoms with Crippen LogP contribution in [0.2, 0.25) is 0 Å². The van der Waals surface area contributed by atoms with E-state index < -0.39 is 11.6 Å². The lowest BCUT2D eigenvalue weighted by molar-refractivity contribution is 0.577. The van der Waals surface area contributed by atoms with Crippen molar-refractivity contribution < 1.29 is 8.78 Å². The Bertz CT molecular complexity index is 551. The lowest BCUT2D eigenvalue weighted by Gasteiger charge is -2.08. The number of halogens is 2. The fraction of sp³-hybridized carbons (Fsp3) is 0.182. The summed E-state index contributed by atoms with van der Waals surface area (Å²) in [6, 6.07) is 3.66. The largest absolute Gasteiger partial charge is 0.378 e. The molecule has 0 radical (unpaired) electrons. The zero-order valence-electron chi connectivity index (χ0n) is 9.27. The molecule has 1 aromatic carbocycles. The highest BCUT2D eigenvalue weighted by Gasteiger charge is 2.10. The maximum absolute atomic E-state index is 13.5. The molecule has 0 aliphatic rings. The predicted octanol–water partition coefficient (Wildman–Crippen LogP) is 1.54. The summed E-state index contributed by atoms with van der Waals surface area (Å²) in [7, 11) is 0. The molecule has 0 bridgehead atoms. The van der Waals surface area contributed by atoms with Gasteiger partial charge in [-0.1, -0.05) is 5.21 Å². The van der Waals surface area contributed by atoms with Crippen molar-refractivity contribution >= 4 is 5.69 Å². The van der Waals surface area contributed by atoms with Crippen LogP contribution < -0.4 is 5.32 Å². The first-order valence-electron chi connectivity index (χ1n) is 5.18. The number of rotatable bonds is 4. The van der Waals surface area contributed by atoms with Gasteiger partial charge < -0.3 is 5.32 Å². The summed E-state index contributed by atoms with van der Waals surface area (Å²) in [5.74, 6) is -1.57. The van der Waals surface area contributed by atoms with E-state index in [1.807, 2.05) is 0 Å². The molecule has 0 saturated carbocycles. The molecule has 2 aromatic rings. The number of benzene rings is 1. The molecule has 0 aliphatic carbocycles. The predicted molar refractivity (Wildman–Crippen MR) is 59.6 cm³/mol. The van der Waals surface area contributed by atoms with Crippen molar-refractivity contribution in [2.24, 2.45) is 0 Å². The monoisotopic (exact) mass is 249 g/mol. The van der Waals surface area contributed by atoms with Crippen LogP contribution in [0.4, 0.5) is 14.5 Å². The smallest absolute Gasteiger partial charge is 0.150 e. The molecule has 0 spiro atoms. The van der Waals surface area contributed by atoms with Crippen LogP contribution in [0.3, 0.4) is 0 Å². The van der Waals surface area contributed by atoms with Crippen LogP contribution in [0.1, 0.15) is 5.56 Å². The summed E-state index contributed by atoms with van der Waals surface area (Å²) in [6.45, 7) is 0.724. The van der Waals surface area contributed by atoms with E-state index in [2.05, 4.69) is 15.6 Å². The Hall–Kier alpha value is -2.49. The summed E-state index contributed by atoms with van der Waals surface area (Å²) in [5, 5.41) is 18.5. The Morgan fingerprint density at radius 2 is 2.06 bits per heavy atom. The molecule has 7 heteroatoms. The van der Waals surface area contributed by atoms with Crippen molar-refractivity contribution in [1.29, 1.82) is 5.26 Å². The van der Waals surface area contributed by atoms with Gasteiger partial charge in [0.2, 0.25) is 0 Å². The van der Waals surface area contributed by atoms with Gasteiger partial charge in [-0.25, -0.2) is 8.78 Å². The highest BCUT2D eigenvalue weighted by Crippen LogP contribution is 2.20. The fourth-order valence-corrected chi connectivity index (χ4v) is 1.45. The number of aromatic nitrogens is 3. The summed E-state index contributed by atoms with van der Waals surface area (Å²) in [6.07, 6.45) is 3.16. The lowest BCUT2D eigenvalue weighted by Crippen LogP contribution is -2.13. The second-order valence-electron chi connectivity index (χ2n) is 3.52. The molecule has 0 saturated heterocycles. The third-order valence-electron chi connectivity index (χ3n) is 2.29. The van der Waals surface area contributed by atoms with E-state index in [0.29, 0.717) is 13.1 Å². The Morgan fingerprint density at radius 3 is 2.61 bits per heavy atom. The van der Waals surface area contributed by atoms with E-state index in [1.165, 1.54) is 10.9 Å². The Balaban J connectivity index is 2.03. The van der Waals surface area contributed by atoms with Crippen molar-refractivity contribution in [3.05, 3.63) is 41.7 Å². The molecule has 5 nitrogen and oxygen atoms in total. The van der Waals surface area contributed by atoms with Crippen molar-refractivity contribution in [3.63, 3.8) is 0 Å². The highest BCUT2D eigenvalue weighted by atomic mass is 19.1. The molecule has 92 valence electrons. The van der Waals surface area contributed by atoms with Gasteiger partial charge in [0.1, 0.15) is 5.69 Å². The zero-order valence-corrected chi connectivity index (χ0v) is 9.27. The third-order valence-corrected chi connectivity index (χ3v) is 2.29. The minimum atomic E-state index is -0.787. The molecule has 1 N–H and O–H groups in total. The second kappa shape index (κ2) is 5.23. The first kappa shape index (κ1) is 12.0. The maximum atomic E-state index is 13.5. The quantitative estimate of drug-likeness (QED) is 0.892. The van der Waals surface area contributed by atoms with Crippen LogP contribution in [-0.2, 0) is 6.54 Å². The topological polar surface area (TPSA) is 66.5 Å². The van der Waals surface area contributed by atoms with Crippen LogP contribution >= 0.6 is 0 Å². The van der Waals surface area contributed by atoms with Crippen LogP contribution in [0.25, 0.3) is 0 Å². The molecular weight excluding hydrogens is 240 g/mol. The molecule has 0 amide bonds. The number of hydrogen-bond acceptors (Lipinski definition) is 4. The molecule has 18 heavy (non-hydrogen) atoms. The van der Waals surface area contributed by atoms with Crippen molar-refractivity contribution in [3.8, 4) is 6.07 Å². The summed E-state index contributed by atoms with van der Waals surface area (Å²) in [5.41, 5.74) is -0.291. The van der Waals surface area contributed by atoms with Crippen LogP contribution in [0.5, 0.6) is 0 Å². The Kier molecular flexibility index (Phi) is 3.48. The minimum Gasteiger partial charge on any atom is -0.378 e. The highest BCUT2D eigenvalue weighted by molar-refractivity contribution is 5.50. The molecule has 0 aliphatic heterocycles. The second-order valence-corrected chi connectivity index (χ2v) is 3.52. The van der Waals surface area contributed by atoms with Gasteiger partial charge in [-0.3, -0.25) is 4.68 Å². The van der Waals surface area contributed by atoms with Gasteiger partial charge in [-0.2, -0.15) is 5.26 Å². The van der Waals surface area contributed by atoms with Gasteiger partial charge in [0, 0.05) is 12.7 Å².